The molecule has 0 spiro atoms. The first-order valence-electron chi connectivity index (χ1n) is 9.55. The van der Waals surface area contributed by atoms with Crippen molar-refractivity contribution in [3.8, 4) is 10.6 Å². The number of hydrogen-bond acceptors (Lipinski definition) is 4. The molecule has 29 heavy (non-hydrogen) atoms. The average molecular weight is 413 g/mol. The number of piperidine rings is 1. The van der Waals surface area contributed by atoms with Gasteiger partial charge in [-0.25, -0.2) is 13.8 Å². The first-order valence-corrected chi connectivity index (χ1v) is 10.4. The minimum Gasteiger partial charge on any atom is -0.326 e. The van der Waals surface area contributed by atoms with E-state index < -0.39 is 11.6 Å². The van der Waals surface area contributed by atoms with Gasteiger partial charge in [0.05, 0.1) is 5.92 Å². The fourth-order valence-corrected chi connectivity index (χ4v) is 4.26. The number of halogens is 2. The molecule has 0 radical (unpaired) electrons. The number of nitrogens with one attached hydrogen (secondary N) is 1. The molecule has 1 aromatic heterocycles. The Morgan fingerprint density at radius 3 is 2.72 bits per heavy atom. The zero-order chi connectivity index (χ0) is 20.2. The second kappa shape index (κ2) is 8.80. The molecule has 1 N–H and O–H groups in total. The van der Waals surface area contributed by atoms with Crippen molar-refractivity contribution in [2.45, 2.75) is 19.4 Å². The van der Waals surface area contributed by atoms with Gasteiger partial charge in [0.15, 0.2) is 11.6 Å². The van der Waals surface area contributed by atoms with E-state index in [1.807, 2.05) is 29.6 Å². The first-order chi connectivity index (χ1) is 14.1. The summed E-state index contributed by atoms with van der Waals surface area (Å²) in [7, 11) is 0. The molecule has 4 nitrogen and oxygen atoms in total. The zero-order valence-corrected chi connectivity index (χ0v) is 16.6. The van der Waals surface area contributed by atoms with Crippen LogP contribution in [0.25, 0.3) is 10.6 Å². The van der Waals surface area contributed by atoms with Gasteiger partial charge < -0.3 is 5.32 Å². The molecular weight excluding hydrogens is 392 g/mol. The Morgan fingerprint density at radius 2 is 2.00 bits per heavy atom. The lowest BCUT2D eigenvalue weighted by Gasteiger charge is -2.32. The summed E-state index contributed by atoms with van der Waals surface area (Å²) >= 11 is 1.57. The minimum atomic E-state index is -0.842. The maximum atomic E-state index is 13.4. The molecule has 0 bridgehead atoms. The van der Waals surface area contributed by atoms with Gasteiger partial charge >= 0.3 is 0 Å². The number of rotatable bonds is 5. The number of amides is 1. The van der Waals surface area contributed by atoms with Crippen molar-refractivity contribution in [2.75, 3.05) is 18.4 Å². The number of anilines is 1. The molecule has 3 aromatic rings. The van der Waals surface area contributed by atoms with Gasteiger partial charge in [-0.2, -0.15) is 0 Å². The molecule has 2 aromatic carbocycles. The molecule has 0 saturated carbocycles. The monoisotopic (exact) mass is 413 g/mol. The molecule has 1 unspecified atom stereocenters. The van der Waals surface area contributed by atoms with Crippen LogP contribution in [0.1, 0.15) is 18.4 Å². The number of hydrogen-bond donors (Lipinski definition) is 1. The Labute approximate surface area is 172 Å². The number of thiazole rings is 1. The van der Waals surface area contributed by atoms with Gasteiger partial charge in [-0.3, -0.25) is 9.69 Å². The van der Waals surface area contributed by atoms with Crippen LogP contribution in [0.3, 0.4) is 0 Å². The van der Waals surface area contributed by atoms with Crippen LogP contribution in [0, 0.1) is 17.6 Å². The summed E-state index contributed by atoms with van der Waals surface area (Å²) in [5.74, 6) is -1.82. The highest BCUT2D eigenvalue weighted by molar-refractivity contribution is 7.13. The fraction of sp³-hybridized carbons (Fsp3) is 0.273. The van der Waals surface area contributed by atoms with Crippen LogP contribution >= 0.6 is 11.3 Å². The average Bonchev–Trinajstić information content (AvgIpc) is 3.26. The third kappa shape index (κ3) is 4.86. The standard InChI is InChI=1S/C22H21F2N3OS/c23-19-8-3-15(12-20(19)24)13-27-10-1-2-17(14-27)21(28)26-18-6-4-16(5-7-18)22-25-9-11-29-22/h3-9,11-12,17H,1-2,10,13-14H2,(H,26,28). The highest BCUT2D eigenvalue weighted by atomic mass is 32.1. The van der Waals surface area contributed by atoms with Crippen molar-refractivity contribution in [1.82, 2.24) is 9.88 Å². The Balaban J connectivity index is 1.35. The quantitative estimate of drug-likeness (QED) is 0.645. The molecule has 2 heterocycles. The molecule has 1 saturated heterocycles. The van der Waals surface area contributed by atoms with Gasteiger partial charge in [0, 0.05) is 35.9 Å². The molecule has 150 valence electrons. The van der Waals surface area contributed by atoms with Gasteiger partial charge in [-0.1, -0.05) is 6.07 Å². The van der Waals surface area contributed by atoms with E-state index in [-0.39, 0.29) is 11.8 Å². The van der Waals surface area contributed by atoms with Crippen molar-refractivity contribution in [1.29, 1.82) is 0 Å². The Morgan fingerprint density at radius 1 is 1.17 bits per heavy atom. The van der Waals surface area contributed by atoms with E-state index in [0.717, 1.165) is 41.7 Å². The molecule has 1 aliphatic rings. The number of likely N-dealkylation sites (tertiary alicyclic amines) is 1. The van der Waals surface area contributed by atoms with Crippen LogP contribution in [-0.2, 0) is 11.3 Å². The number of carbonyl (C=O) groups is 1. The van der Waals surface area contributed by atoms with Crippen LogP contribution in [0.5, 0.6) is 0 Å². The van der Waals surface area contributed by atoms with Crippen molar-refractivity contribution in [3.63, 3.8) is 0 Å². The van der Waals surface area contributed by atoms with Crippen LogP contribution in [0.2, 0.25) is 0 Å². The molecular formula is C22H21F2N3OS. The van der Waals surface area contributed by atoms with E-state index in [1.165, 1.54) is 6.07 Å². The maximum absolute atomic E-state index is 13.4. The summed E-state index contributed by atoms with van der Waals surface area (Å²) in [4.78, 5) is 19.1. The number of aromatic nitrogens is 1. The lowest BCUT2D eigenvalue weighted by Crippen LogP contribution is -2.40. The molecule has 1 aliphatic heterocycles. The number of carbonyl (C=O) groups excluding carboxylic acids is 1. The second-order valence-electron chi connectivity index (χ2n) is 7.23. The largest absolute Gasteiger partial charge is 0.326 e. The zero-order valence-electron chi connectivity index (χ0n) is 15.8. The van der Waals surface area contributed by atoms with E-state index in [9.17, 15) is 13.6 Å². The summed E-state index contributed by atoms with van der Waals surface area (Å²) in [6.45, 7) is 1.94. The van der Waals surface area contributed by atoms with Crippen molar-refractivity contribution >= 4 is 22.9 Å². The summed E-state index contributed by atoms with van der Waals surface area (Å²) < 4.78 is 26.6. The second-order valence-corrected chi connectivity index (χ2v) is 8.12. The summed E-state index contributed by atoms with van der Waals surface area (Å²) in [6.07, 6.45) is 3.48. The van der Waals surface area contributed by atoms with Gasteiger partial charge in [0.25, 0.3) is 0 Å². The molecule has 1 fully saturated rings. The SMILES string of the molecule is O=C(Nc1ccc(-c2nccs2)cc1)C1CCCN(Cc2ccc(F)c(F)c2)C1. The highest BCUT2D eigenvalue weighted by Crippen LogP contribution is 2.25. The fourth-order valence-electron chi connectivity index (χ4n) is 3.62. The first kappa shape index (κ1) is 19.7. The third-order valence-corrected chi connectivity index (χ3v) is 5.92. The van der Waals surface area contributed by atoms with Crippen LogP contribution in [-0.4, -0.2) is 28.9 Å². The predicted molar refractivity (Wildman–Crippen MR) is 111 cm³/mol. The van der Waals surface area contributed by atoms with E-state index in [1.54, 1.807) is 23.6 Å². The predicted octanol–water partition coefficient (Wildman–Crippen LogP) is 4.94. The Bertz CT molecular complexity index is 976. The third-order valence-electron chi connectivity index (χ3n) is 5.10. The van der Waals surface area contributed by atoms with Gasteiger partial charge in [-0.15, -0.1) is 11.3 Å². The lowest BCUT2D eigenvalue weighted by atomic mass is 9.96. The van der Waals surface area contributed by atoms with E-state index in [4.69, 9.17) is 0 Å². The van der Waals surface area contributed by atoms with E-state index in [0.29, 0.717) is 18.7 Å². The number of nitrogens with zero attached hydrogens (tertiary/aromatic N) is 2. The van der Waals surface area contributed by atoms with Gasteiger partial charge in [0.1, 0.15) is 5.01 Å². The van der Waals surface area contributed by atoms with E-state index >= 15 is 0 Å². The topological polar surface area (TPSA) is 45.2 Å². The number of benzene rings is 2. The summed E-state index contributed by atoms with van der Waals surface area (Å²) in [5, 5.41) is 5.87. The minimum absolute atomic E-state index is 0.0121. The van der Waals surface area contributed by atoms with Crippen molar-refractivity contribution in [3.05, 3.63) is 71.2 Å². The summed E-state index contributed by atoms with van der Waals surface area (Å²) in [6, 6.07) is 11.6. The molecule has 1 atom stereocenters. The smallest absolute Gasteiger partial charge is 0.228 e. The Hall–Kier alpha value is -2.64. The molecule has 1 amide bonds. The van der Waals surface area contributed by atoms with Crippen LogP contribution in [0.15, 0.2) is 54.0 Å². The lowest BCUT2D eigenvalue weighted by molar-refractivity contribution is -0.121. The van der Waals surface area contributed by atoms with Crippen LogP contribution < -0.4 is 5.32 Å². The maximum Gasteiger partial charge on any atom is 0.228 e. The van der Waals surface area contributed by atoms with Gasteiger partial charge in [-0.05, 0) is 61.3 Å². The highest BCUT2D eigenvalue weighted by Gasteiger charge is 2.26. The molecule has 7 heteroatoms. The summed E-state index contributed by atoms with van der Waals surface area (Å²) in [5.41, 5.74) is 2.49. The molecule has 4 rings (SSSR count). The molecule has 0 aliphatic carbocycles. The van der Waals surface area contributed by atoms with Gasteiger partial charge in [0.2, 0.25) is 5.91 Å². The van der Waals surface area contributed by atoms with E-state index in [2.05, 4.69) is 15.2 Å². The Kier molecular flexibility index (Phi) is 5.97. The van der Waals surface area contributed by atoms with Crippen molar-refractivity contribution < 1.29 is 13.6 Å². The normalized spacial score (nSPS) is 17.2. The van der Waals surface area contributed by atoms with Crippen molar-refractivity contribution in [2.24, 2.45) is 5.92 Å². The van der Waals surface area contributed by atoms with Crippen LogP contribution in [0.4, 0.5) is 14.5 Å².